The van der Waals surface area contributed by atoms with E-state index in [2.05, 4.69) is 4.90 Å². The Kier molecular flexibility index (Phi) is 5.11. The number of benzene rings is 1. The van der Waals surface area contributed by atoms with Crippen LogP contribution in [0.3, 0.4) is 0 Å². The number of Topliss-reactive ketones (excluding diaryl/α,β-unsaturated/α-hetero) is 1. The molecular weight excluding hydrogens is 238 g/mol. The van der Waals surface area contributed by atoms with Crippen molar-refractivity contribution in [1.29, 1.82) is 0 Å². The summed E-state index contributed by atoms with van der Waals surface area (Å²) in [6, 6.07) is 9.74. The molecule has 1 aromatic rings. The number of aliphatic hydroxyl groups is 1. The molecule has 1 saturated heterocycles. The first-order valence-electron chi connectivity index (χ1n) is 7.20. The molecule has 2 unspecified atom stereocenters. The average Bonchev–Trinajstić information content (AvgIpc) is 2.47. The first-order valence-corrected chi connectivity index (χ1v) is 7.20. The van der Waals surface area contributed by atoms with Crippen molar-refractivity contribution in [1.82, 2.24) is 4.90 Å². The maximum atomic E-state index is 12.5. The number of hydrogen-bond acceptors (Lipinski definition) is 3. The van der Waals surface area contributed by atoms with Crippen LogP contribution in [0.1, 0.15) is 43.0 Å². The van der Waals surface area contributed by atoms with E-state index in [1.165, 1.54) is 6.42 Å². The van der Waals surface area contributed by atoms with Gasteiger partial charge >= 0.3 is 0 Å². The van der Waals surface area contributed by atoms with Crippen LogP contribution in [-0.4, -0.2) is 41.0 Å². The Morgan fingerprint density at radius 2 is 2.11 bits per heavy atom. The van der Waals surface area contributed by atoms with Crippen molar-refractivity contribution in [2.75, 3.05) is 13.2 Å². The summed E-state index contributed by atoms with van der Waals surface area (Å²) in [5.74, 6) is 0.186. The quantitative estimate of drug-likeness (QED) is 0.828. The second-order valence-corrected chi connectivity index (χ2v) is 5.31. The molecule has 1 fully saturated rings. The van der Waals surface area contributed by atoms with Crippen LogP contribution in [0, 0.1) is 0 Å². The van der Waals surface area contributed by atoms with Gasteiger partial charge in [0.1, 0.15) is 0 Å². The van der Waals surface area contributed by atoms with Crippen molar-refractivity contribution in [3.05, 3.63) is 35.9 Å². The van der Waals surface area contributed by atoms with Crippen LogP contribution in [0.4, 0.5) is 0 Å². The summed E-state index contributed by atoms with van der Waals surface area (Å²) in [5.41, 5.74) is 0.781. The highest BCUT2D eigenvalue weighted by atomic mass is 16.3. The zero-order chi connectivity index (χ0) is 13.7. The molecule has 0 aliphatic carbocycles. The smallest absolute Gasteiger partial charge is 0.179 e. The van der Waals surface area contributed by atoms with Gasteiger partial charge in [-0.3, -0.25) is 9.69 Å². The van der Waals surface area contributed by atoms with E-state index in [0.29, 0.717) is 6.04 Å². The van der Waals surface area contributed by atoms with Crippen molar-refractivity contribution < 1.29 is 9.90 Å². The maximum absolute atomic E-state index is 12.5. The van der Waals surface area contributed by atoms with E-state index in [9.17, 15) is 4.79 Å². The molecule has 2 rings (SSSR count). The molecule has 0 saturated carbocycles. The molecule has 0 amide bonds. The van der Waals surface area contributed by atoms with Gasteiger partial charge in [-0.25, -0.2) is 0 Å². The molecule has 19 heavy (non-hydrogen) atoms. The molecule has 3 nitrogen and oxygen atoms in total. The monoisotopic (exact) mass is 261 g/mol. The summed E-state index contributed by atoms with van der Waals surface area (Å²) in [4.78, 5) is 14.8. The van der Waals surface area contributed by atoms with Gasteiger partial charge in [0.15, 0.2) is 5.78 Å². The number of hydrogen-bond donors (Lipinski definition) is 1. The van der Waals surface area contributed by atoms with E-state index in [4.69, 9.17) is 5.11 Å². The van der Waals surface area contributed by atoms with Crippen LogP contribution in [0.2, 0.25) is 0 Å². The Balaban J connectivity index is 2.08. The van der Waals surface area contributed by atoms with Crippen LogP contribution < -0.4 is 0 Å². The molecule has 2 atom stereocenters. The predicted molar refractivity (Wildman–Crippen MR) is 76.3 cm³/mol. The summed E-state index contributed by atoms with van der Waals surface area (Å²) >= 11 is 0. The van der Waals surface area contributed by atoms with Gasteiger partial charge in [0.25, 0.3) is 0 Å². The van der Waals surface area contributed by atoms with E-state index in [1.807, 2.05) is 37.3 Å². The van der Waals surface area contributed by atoms with Gasteiger partial charge < -0.3 is 5.11 Å². The third-order valence-corrected chi connectivity index (χ3v) is 4.07. The van der Waals surface area contributed by atoms with Crippen molar-refractivity contribution in [2.45, 2.75) is 44.7 Å². The third-order valence-electron chi connectivity index (χ3n) is 4.07. The third kappa shape index (κ3) is 3.43. The van der Waals surface area contributed by atoms with Crippen LogP contribution in [-0.2, 0) is 0 Å². The Labute approximate surface area is 115 Å². The zero-order valence-corrected chi connectivity index (χ0v) is 11.6. The van der Waals surface area contributed by atoms with Gasteiger partial charge in [-0.15, -0.1) is 0 Å². The molecule has 0 spiro atoms. The minimum Gasteiger partial charge on any atom is -0.396 e. The molecule has 1 aliphatic rings. The Morgan fingerprint density at radius 1 is 1.37 bits per heavy atom. The minimum absolute atomic E-state index is 0.0979. The average molecular weight is 261 g/mol. The first-order chi connectivity index (χ1) is 9.24. The van der Waals surface area contributed by atoms with Gasteiger partial charge in [0.2, 0.25) is 0 Å². The second-order valence-electron chi connectivity index (χ2n) is 5.31. The standard InChI is InChI=1S/C16H23NO2/c1-13(16(19)14-7-3-2-4-8-14)17-11-6-5-9-15(17)10-12-18/h2-4,7-8,13,15,18H,5-6,9-12H2,1H3. The van der Waals surface area contributed by atoms with Crippen LogP contribution >= 0.6 is 0 Å². The summed E-state index contributed by atoms with van der Waals surface area (Å²) in [5, 5.41) is 9.16. The van der Waals surface area contributed by atoms with E-state index in [-0.39, 0.29) is 18.4 Å². The molecule has 0 bridgehead atoms. The Morgan fingerprint density at radius 3 is 2.79 bits per heavy atom. The van der Waals surface area contributed by atoms with Crippen LogP contribution in [0.5, 0.6) is 0 Å². The molecule has 3 heteroatoms. The summed E-state index contributed by atoms with van der Waals surface area (Å²) in [6.45, 7) is 3.16. The molecular formula is C16H23NO2. The molecule has 0 aromatic heterocycles. The van der Waals surface area contributed by atoms with E-state index in [0.717, 1.165) is 31.4 Å². The minimum atomic E-state index is -0.0979. The Hall–Kier alpha value is -1.19. The number of aliphatic hydroxyl groups excluding tert-OH is 1. The zero-order valence-electron chi connectivity index (χ0n) is 11.6. The predicted octanol–water partition coefficient (Wildman–Crippen LogP) is 2.49. The molecule has 1 aromatic carbocycles. The summed E-state index contributed by atoms with van der Waals surface area (Å²) in [7, 11) is 0. The van der Waals surface area contributed by atoms with Crippen LogP contribution in [0.15, 0.2) is 30.3 Å². The highest BCUT2D eigenvalue weighted by molar-refractivity contribution is 5.99. The second kappa shape index (κ2) is 6.83. The maximum Gasteiger partial charge on any atom is 0.179 e. The molecule has 0 radical (unpaired) electrons. The fraction of sp³-hybridized carbons (Fsp3) is 0.562. The van der Waals surface area contributed by atoms with E-state index >= 15 is 0 Å². The van der Waals surface area contributed by atoms with Gasteiger partial charge in [-0.1, -0.05) is 36.8 Å². The number of carbonyl (C=O) groups is 1. The lowest BCUT2D eigenvalue weighted by Crippen LogP contribution is -2.48. The van der Waals surface area contributed by atoms with Crippen LogP contribution in [0.25, 0.3) is 0 Å². The molecule has 1 heterocycles. The fourth-order valence-electron chi connectivity index (χ4n) is 2.99. The van der Waals surface area contributed by atoms with E-state index in [1.54, 1.807) is 0 Å². The highest BCUT2D eigenvalue weighted by Gasteiger charge is 2.30. The topological polar surface area (TPSA) is 40.5 Å². The number of piperidine rings is 1. The SMILES string of the molecule is CC(C(=O)c1ccccc1)N1CCCCC1CCO. The fourth-order valence-corrected chi connectivity index (χ4v) is 2.99. The van der Waals surface area contributed by atoms with Gasteiger partial charge in [-0.05, 0) is 32.7 Å². The molecule has 1 N–H and O–H groups in total. The van der Waals surface area contributed by atoms with E-state index < -0.39 is 0 Å². The Bertz CT molecular complexity index is 402. The van der Waals surface area contributed by atoms with Crippen molar-refractivity contribution in [3.8, 4) is 0 Å². The van der Waals surface area contributed by atoms with Gasteiger partial charge in [0, 0.05) is 18.2 Å². The number of ketones is 1. The lowest BCUT2D eigenvalue weighted by Gasteiger charge is -2.39. The summed E-state index contributed by atoms with van der Waals surface area (Å²) < 4.78 is 0. The molecule has 1 aliphatic heterocycles. The number of nitrogens with zero attached hydrogens (tertiary/aromatic N) is 1. The summed E-state index contributed by atoms with van der Waals surface area (Å²) in [6.07, 6.45) is 4.21. The molecule has 104 valence electrons. The number of likely N-dealkylation sites (tertiary alicyclic amines) is 1. The van der Waals surface area contributed by atoms with Gasteiger partial charge in [0.05, 0.1) is 6.04 Å². The highest BCUT2D eigenvalue weighted by Crippen LogP contribution is 2.23. The lowest BCUT2D eigenvalue weighted by molar-refractivity contribution is 0.0604. The number of rotatable bonds is 5. The van der Waals surface area contributed by atoms with Crippen molar-refractivity contribution >= 4 is 5.78 Å². The largest absolute Gasteiger partial charge is 0.396 e. The van der Waals surface area contributed by atoms with Gasteiger partial charge in [-0.2, -0.15) is 0 Å². The van der Waals surface area contributed by atoms with Crippen molar-refractivity contribution in [2.24, 2.45) is 0 Å². The van der Waals surface area contributed by atoms with Crippen molar-refractivity contribution in [3.63, 3.8) is 0 Å². The normalized spacial score (nSPS) is 22.1. The lowest BCUT2D eigenvalue weighted by atomic mass is 9.95. The number of carbonyl (C=O) groups excluding carboxylic acids is 1. The first kappa shape index (κ1) is 14.2.